The summed E-state index contributed by atoms with van der Waals surface area (Å²) in [6.07, 6.45) is 3.62. The highest BCUT2D eigenvalue weighted by Crippen LogP contribution is 2.26. The summed E-state index contributed by atoms with van der Waals surface area (Å²) in [4.78, 5) is 16.9. The van der Waals surface area contributed by atoms with Crippen molar-refractivity contribution in [3.63, 3.8) is 0 Å². The second-order valence-corrected chi connectivity index (χ2v) is 6.60. The summed E-state index contributed by atoms with van der Waals surface area (Å²) in [6.45, 7) is 5.03. The van der Waals surface area contributed by atoms with Crippen LogP contribution in [0.2, 0.25) is 0 Å². The predicted octanol–water partition coefficient (Wildman–Crippen LogP) is 2.20. The number of aliphatic hydroxyl groups is 1. The number of carbonyl (C=O) groups is 1. The molecule has 2 saturated heterocycles. The quantitative estimate of drug-likeness (QED) is 0.931. The number of benzene rings is 1. The SMILES string of the molecule is CC1CCCN1C1CCN(C(=O)[C@H](O)c2ccccc2)CC1. The van der Waals surface area contributed by atoms with Gasteiger partial charge in [0.05, 0.1) is 0 Å². The molecule has 1 N–H and O–H groups in total. The number of amides is 1. The fourth-order valence-corrected chi connectivity index (χ4v) is 3.87. The third kappa shape index (κ3) is 3.18. The number of rotatable bonds is 3. The van der Waals surface area contributed by atoms with Crippen LogP contribution < -0.4 is 0 Å². The molecule has 1 aromatic rings. The van der Waals surface area contributed by atoms with Crippen LogP contribution in [0.15, 0.2) is 30.3 Å². The molecule has 1 amide bonds. The summed E-state index contributed by atoms with van der Waals surface area (Å²) in [6, 6.07) is 10.5. The van der Waals surface area contributed by atoms with E-state index >= 15 is 0 Å². The van der Waals surface area contributed by atoms with Crippen LogP contribution in [0.4, 0.5) is 0 Å². The van der Waals surface area contributed by atoms with Gasteiger partial charge in [-0.25, -0.2) is 0 Å². The molecule has 1 unspecified atom stereocenters. The van der Waals surface area contributed by atoms with E-state index in [0.29, 0.717) is 17.6 Å². The Morgan fingerprint density at radius 1 is 1.14 bits per heavy atom. The molecule has 0 saturated carbocycles. The van der Waals surface area contributed by atoms with E-state index < -0.39 is 6.10 Å². The van der Waals surface area contributed by atoms with Gasteiger partial charge in [0.1, 0.15) is 0 Å². The molecule has 0 spiro atoms. The maximum atomic E-state index is 12.5. The smallest absolute Gasteiger partial charge is 0.256 e. The first kappa shape index (κ1) is 15.5. The average Bonchev–Trinajstić information content (AvgIpc) is 3.00. The minimum Gasteiger partial charge on any atom is -0.378 e. The van der Waals surface area contributed by atoms with Gasteiger partial charge in [-0.2, -0.15) is 0 Å². The van der Waals surface area contributed by atoms with Crippen LogP contribution >= 0.6 is 0 Å². The highest BCUT2D eigenvalue weighted by atomic mass is 16.3. The van der Waals surface area contributed by atoms with Gasteiger partial charge in [0.15, 0.2) is 6.10 Å². The van der Waals surface area contributed by atoms with Crippen LogP contribution in [0.25, 0.3) is 0 Å². The van der Waals surface area contributed by atoms with E-state index in [-0.39, 0.29) is 5.91 Å². The summed E-state index contributed by atoms with van der Waals surface area (Å²) in [5, 5.41) is 10.3. The molecule has 120 valence electrons. The number of piperidine rings is 1. The molecular weight excluding hydrogens is 276 g/mol. The Morgan fingerprint density at radius 2 is 1.82 bits per heavy atom. The fourth-order valence-electron chi connectivity index (χ4n) is 3.87. The molecule has 0 bridgehead atoms. The molecule has 0 aliphatic carbocycles. The van der Waals surface area contributed by atoms with E-state index in [1.54, 1.807) is 12.1 Å². The molecule has 2 aliphatic heterocycles. The van der Waals surface area contributed by atoms with Gasteiger partial charge in [0.25, 0.3) is 5.91 Å². The largest absolute Gasteiger partial charge is 0.378 e. The van der Waals surface area contributed by atoms with E-state index in [4.69, 9.17) is 0 Å². The summed E-state index contributed by atoms with van der Waals surface area (Å²) < 4.78 is 0. The Morgan fingerprint density at radius 3 is 2.41 bits per heavy atom. The van der Waals surface area contributed by atoms with Crippen molar-refractivity contribution in [2.24, 2.45) is 0 Å². The van der Waals surface area contributed by atoms with Gasteiger partial charge in [-0.15, -0.1) is 0 Å². The molecule has 3 rings (SSSR count). The zero-order valence-corrected chi connectivity index (χ0v) is 13.3. The second kappa shape index (κ2) is 6.80. The first-order chi connectivity index (χ1) is 10.7. The van der Waals surface area contributed by atoms with Crippen molar-refractivity contribution >= 4 is 5.91 Å². The third-order valence-electron chi connectivity index (χ3n) is 5.20. The lowest BCUT2D eigenvalue weighted by Crippen LogP contribution is -2.48. The Hall–Kier alpha value is -1.39. The Kier molecular flexibility index (Phi) is 4.79. The third-order valence-corrected chi connectivity index (χ3v) is 5.20. The lowest BCUT2D eigenvalue weighted by Gasteiger charge is -2.39. The summed E-state index contributed by atoms with van der Waals surface area (Å²) in [5.74, 6) is -0.154. The molecule has 2 atom stereocenters. The maximum Gasteiger partial charge on any atom is 0.256 e. The molecule has 22 heavy (non-hydrogen) atoms. The normalized spacial score (nSPS) is 25.4. The zero-order valence-electron chi connectivity index (χ0n) is 13.3. The lowest BCUT2D eigenvalue weighted by atomic mass is 10.0. The van der Waals surface area contributed by atoms with Crippen molar-refractivity contribution in [2.45, 2.75) is 50.8 Å². The Bertz CT molecular complexity index is 497. The Labute approximate surface area is 132 Å². The van der Waals surface area contributed by atoms with Gasteiger partial charge in [-0.3, -0.25) is 9.69 Å². The zero-order chi connectivity index (χ0) is 15.5. The lowest BCUT2D eigenvalue weighted by molar-refractivity contribution is -0.142. The van der Waals surface area contributed by atoms with E-state index in [1.807, 2.05) is 23.1 Å². The summed E-state index contributed by atoms with van der Waals surface area (Å²) in [5.41, 5.74) is 0.683. The van der Waals surface area contributed by atoms with E-state index in [1.165, 1.54) is 19.4 Å². The van der Waals surface area contributed by atoms with Crippen molar-refractivity contribution in [3.05, 3.63) is 35.9 Å². The molecule has 2 fully saturated rings. The first-order valence-electron chi connectivity index (χ1n) is 8.44. The van der Waals surface area contributed by atoms with E-state index in [0.717, 1.165) is 25.9 Å². The number of nitrogens with zero attached hydrogens (tertiary/aromatic N) is 2. The summed E-state index contributed by atoms with van der Waals surface area (Å²) in [7, 11) is 0. The maximum absolute atomic E-state index is 12.5. The van der Waals surface area contributed by atoms with Crippen LogP contribution in [0.1, 0.15) is 44.3 Å². The monoisotopic (exact) mass is 302 g/mol. The molecule has 0 aromatic heterocycles. The van der Waals surface area contributed by atoms with Crippen molar-refractivity contribution in [3.8, 4) is 0 Å². The van der Waals surface area contributed by atoms with Crippen LogP contribution in [0.3, 0.4) is 0 Å². The minimum atomic E-state index is -1.02. The van der Waals surface area contributed by atoms with E-state index in [2.05, 4.69) is 11.8 Å². The van der Waals surface area contributed by atoms with Crippen LogP contribution in [0, 0.1) is 0 Å². The first-order valence-corrected chi connectivity index (χ1v) is 8.44. The minimum absolute atomic E-state index is 0.154. The summed E-state index contributed by atoms with van der Waals surface area (Å²) >= 11 is 0. The van der Waals surface area contributed by atoms with Gasteiger partial charge < -0.3 is 10.0 Å². The molecule has 4 heteroatoms. The molecule has 2 aliphatic rings. The van der Waals surface area contributed by atoms with Gasteiger partial charge in [-0.05, 0) is 44.7 Å². The van der Waals surface area contributed by atoms with Crippen molar-refractivity contribution in [1.82, 2.24) is 9.80 Å². The molecular formula is C18H26N2O2. The standard InChI is InChI=1S/C18H26N2O2/c1-14-6-5-11-20(14)16-9-12-19(13-10-16)18(22)17(21)15-7-3-2-4-8-15/h2-4,7-8,14,16-17,21H,5-6,9-13H2,1H3/t14?,17-/m1/s1. The van der Waals surface area contributed by atoms with Crippen LogP contribution in [-0.2, 0) is 4.79 Å². The second-order valence-electron chi connectivity index (χ2n) is 6.60. The molecule has 2 heterocycles. The van der Waals surface area contributed by atoms with Gasteiger partial charge in [-0.1, -0.05) is 30.3 Å². The number of hydrogen-bond acceptors (Lipinski definition) is 3. The van der Waals surface area contributed by atoms with E-state index in [9.17, 15) is 9.90 Å². The molecule has 0 radical (unpaired) electrons. The Balaban J connectivity index is 1.56. The number of hydrogen-bond donors (Lipinski definition) is 1. The van der Waals surface area contributed by atoms with Crippen molar-refractivity contribution in [1.29, 1.82) is 0 Å². The van der Waals surface area contributed by atoms with Crippen LogP contribution in [0.5, 0.6) is 0 Å². The predicted molar refractivity (Wildman–Crippen MR) is 86.4 cm³/mol. The van der Waals surface area contributed by atoms with Gasteiger partial charge >= 0.3 is 0 Å². The fraction of sp³-hybridized carbons (Fsp3) is 0.611. The van der Waals surface area contributed by atoms with Gasteiger partial charge in [0, 0.05) is 25.2 Å². The van der Waals surface area contributed by atoms with Crippen molar-refractivity contribution in [2.75, 3.05) is 19.6 Å². The number of likely N-dealkylation sites (tertiary alicyclic amines) is 2. The highest BCUT2D eigenvalue weighted by molar-refractivity contribution is 5.82. The number of aliphatic hydroxyl groups excluding tert-OH is 1. The average molecular weight is 302 g/mol. The highest BCUT2D eigenvalue weighted by Gasteiger charge is 2.33. The van der Waals surface area contributed by atoms with Gasteiger partial charge in [0.2, 0.25) is 0 Å². The number of carbonyl (C=O) groups excluding carboxylic acids is 1. The molecule has 1 aromatic carbocycles. The van der Waals surface area contributed by atoms with Crippen LogP contribution in [-0.4, -0.2) is 52.5 Å². The topological polar surface area (TPSA) is 43.8 Å². The van der Waals surface area contributed by atoms with Crippen molar-refractivity contribution < 1.29 is 9.90 Å². The molecule has 4 nitrogen and oxygen atoms in total.